The molecule has 2 aromatic heterocycles. The first kappa shape index (κ1) is 15.8. The highest BCUT2D eigenvalue weighted by atomic mass is 16.5. The highest BCUT2D eigenvalue weighted by Crippen LogP contribution is 2.22. The number of amides is 2. The van der Waals surface area contributed by atoms with E-state index in [2.05, 4.69) is 25.8 Å². The van der Waals surface area contributed by atoms with Gasteiger partial charge in [0.05, 0.1) is 12.2 Å². The van der Waals surface area contributed by atoms with Crippen molar-refractivity contribution in [2.24, 2.45) is 0 Å². The summed E-state index contributed by atoms with van der Waals surface area (Å²) in [4.78, 5) is 20.5. The first-order valence-corrected chi connectivity index (χ1v) is 8.05. The molecule has 128 valence electrons. The zero-order chi connectivity index (χ0) is 17.8. The number of aromatic nitrogens is 3. The second kappa shape index (κ2) is 7.02. The summed E-state index contributed by atoms with van der Waals surface area (Å²) in [5.74, 6) is 0.825. The van der Waals surface area contributed by atoms with Gasteiger partial charge in [0.25, 0.3) is 0 Å². The van der Waals surface area contributed by atoms with E-state index in [0.717, 1.165) is 16.3 Å². The summed E-state index contributed by atoms with van der Waals surface area (Å²) in [6.45, 7) is 0.137. The van der Waals surface area contributed by atoms with E-state index in [1.54, 1.807) is 12.4 Å². The molecule has 0 spiro atoms. The van der Waals surface area contributed by atoms with Crippen LogP contribution in [-0.2, 0) is 6.54 Å². The molecule has 2 amide bonds. The Morgan fingerprint density at radius 3 is 2.81 bits per heavy atom. The fraction of sp³-hybridized carbons (Fsp3) is 0.0526. The lowest BCUT2D eigenvalue weighted by molar-refractivity contribution is 0.249. The van der Waals surface area contributed by atoms with E-state index in [0.29, 0.717) is 17.4 Å². The van der Waals surface area contributed by atoms with E-state index < -0.39 is 0 Å². The number of urea groups is 1. The average Bonchev–Trinajstić information content (AvgIpc) is 3.17. The number of carbonyl (C=O) groups is 1. The second-order valence-corrected chi connectivity index (χ2v) is 5.59. The van der Waals surface area contributed by atoms with Gasteiger partial charge in [-0.15, -0.1) is 0 Å². The van der Waals surface area contributed by atoms with Crippen molar-refractivity contribution in [3.8, 4) is 11.4 Å². The van der Waals surface area contributed by atoms with E-state index in [1.165, 1.54) is 0 Å². The zero-order valence-corrected chi connectivity index (χ0v) is 13.7. The molecular weight excluding hydrogens is 330 g/mol. The van der Waals surface area contributed by atoms with E-state index in [4.69, 9.17) is 4.52 Å². The number of rotatable bonds is 4. The van der Waals surface area contributed by atoms with Crippen molar-refractivity contribution in [2.45, 2.75) is 6.54 Å². The van der Waals surface area contributed by atoms with Crippen LogP contribution in [0.25, 0.3) is 22.2 Å². The molecule has 4 rings (SSSR count). The van der Waals surface area contributed by atoms with Crippen molar-refractivity contribution in [1.29, 1.82) is 0 Å². The largest absolute Gasteiger partial charge is 0.337 e. The standard InChI is InChI=1S/C19H15N5O2/c25-19(22-16-8-4-7-14-11-20-10-9-15(14)16)21-12-17-23-18(24-26-17)13-5-2-1-3-6-13/h1-11H,12H2,(H2,21,22,25). The Morgan fingerprint density at radius 1 is 1.04 bits per heavy atom. The fourth-order valence-corrected chi connectivity index (χ4v) is 2.59. The third kappa shape index (κ3) is 3.36. The van der Waals surface area contributed by atoms with Gasteiger partial charge in [0.15, 0.2) is 0 Å². The molecule has 0 bridgehead atoms. The summed E-state index contributed by atoms with van der Waals surface area (Å²) in [5, 5.41) is 11.3. The minimum absolute atomic E-state index is 0.137. The van der Waals surface area contributed by atoms with Crippen LogP contribution in [0.15, 0.2) is 71.5 Å². The van der Waals surface area contributed by atoms with Gasteiger partial charge in [0, 0.05) is 28.7 Å². The molecule has 4 aromatic rings. The highest BCUT2D eigenvalue weighted by molar-refractivity contribution is 6.01. The van der Waals surface area contributed by atoms with E-state index in [1.807, 2.05) is 54.6 Å². The molecule has 0 radical (unpaired) electrons. The number of nitrogens with zero attached hydrogens (tertiary/aromatic N) is 3. The maximum absolute atomic E-state index is 12.2. The van der Waals surface area contributed by atoms with Gasteiger partial charge < -0.3 is 15.2 Å². The number of carbonyl (C=O) groups excluding carboxylic acids is 1. The molecule has 0 fully saturated rings. The SMILES string of the molecule is O=C(NCc1nc(-c2ccccc2)no1)Nc1cccc2cnccc12. The van der Waals surface area contributed by atoms with Crippen LogP contribution in [0.1, 0.15) is 5.89 Å². The molecule has 0 aliphatic carbocycles. The minimum Gasteiger partial charge on any atom is -0.337 e. The Hall–Kier alpha value is -3.74. The van der Waals surface area contributed by atoms with Gasteiger partial charge in [-0.1, -0.05) is 47.6 Å². The third-order valence-corrected chi connectivity index (χ3v) is 3.83. The van der Waals surface area contributed by atoms with Crippen LogP contribution in [0.3, 0.4) is 0 Å². The predicted molar refractivity (Wildman–Crippen MR) is 97.3 cm³/mol. The van der Waals surface area contributed by atoms with Gasteiger partial charge >= 0.3 is 6.03 Å². The van der Waals surface area contributed by atoms with E-state index in [9.17, 15) is 4.79 Å². The molecule has 26 heavy (non-hydrogen) atoms. The Balaban J connectivity index is 1.41. The number of anilines is 1. The van der Waals surface area contributed by atoms with Crippen molar-refractivity contribution in [1.82, 2.24) is 20.4 Å². The molecule has 0 atom stereocenters. The Labute approximate surface area is 149 Å². The molecule has 0 aliphatic heterocycles. The van der Waals surface area contributed by atoms with E-state index in [-0.39, 0.29) is 12.6 Å². The van der Waals surface area contributed by atoms with Crippen LogP contribution in [0.5, 0.6) is 0 Å². The van der Waals surface area contributed by atoms with Crippen molar-refractivity contribution in [3.05, 3.63) is 72.9 Å². The summed E-state index contributed by atoms with van der Waals surface area (Å²) in [7, 11) is 0. The van der Waals surface area contributed by atoms with Crippen LogP contribution in [0.2, 0.25) is 0 Å². The first-order valence-electron chi connectivity index (χ1n) is 8.05. The Bertz CT molecular complexity index is 1040. The van der Waals surface area contributed by atoms with Gasteiger partial charge in [-0.3, -0.25) is 4.98 Å². The smallest absolute Gasteiger partial charge is 0.319 e. The monoisotopic (exact) mass is 345 g/mol. The molecule has 7 heteroatoms. The van der Waals surface area contributed by atoms with Crippen LogP contribution in [0, 0.1) is 0 Å². The van der Waals surface area contributed by atoms with Crippen molar-refractivity contribution >= 4 is 22.5 Å². The minimum atomic E-state index is -0.353. The summed E-state index contributed by atoms with van der Waals surface area (Å²) >= 11 is 0. The quantitative estimate of drug-likeness (QED) is 0.589. The highest BCUT2D eigenvalue weighted by Gasteiger charge is 2.10. The molecular formula is C19H15N5O2. The molecule has 2 aromatic carbocycles. The van der Waals surface area contributed by atoms with Crippen LogP contribution in [-0.4, -0.2) is 21.2 Å². The Kier molecular flexibility index (Phi) is 4.26. The topological polar surface area (TPSA) is 92.9 Å². The number of nitrogens with one attached hydrogen (secondary N) is 2. The van der Waals surface area contributed by atoms with Gasteiger partial charge in [0.1, 0.15) is 0 Å². The molecule has 2 N–H and O–H groups in total. The first-order chi connectivity index (χ1) is 12.8. The molecule has 2 heterocycles. The van der Waals surface area contributed by atoms with E-state index >= 15 is 0 Å². The molecule has 0 saturated carbocycles. The number of hydrogen-bond donors (Lipinski definition) is 2. The lowest BCUT2D eigenvalue weighted by Gasteiger charge is -2.08. The van der Waals surface area contributed by atoms with Crippen molar-refractivity contribution in [3.63, 3.8) is 0 Å². The van der Waals surface area contributed by atoms with Crippen LogP contribution >= 0.6 is 0 Å². The summed E-state index contributed by atoms with van der Waals surface area (Å²) < 4.78 is 5.18. The maximum atomic E-state index is 12.2. The Morgan fingerprint density at radius 2 is 1.92 bits per heavy atom. The number of benzene rings is 2. The zero-order valence-electron chi connectivity index (χ0n) is 13.7. The van der Waals surface area contributed by atoms with Gasteiger partial charge in [-0.05, 0) is 12.1 Å². The van der Waals surface area contributed by atoms with Crippen LogP contribution in [0.4, 0.5) is 10.5 Å². The second-order valence-electron chi connectivity index (χ2n) is 5.59. The molecule has 0 aliphatic rings. The maximum Gasteiger partial charge on any atom is 0.319 e. The number of fused-ring (bicyclic) bond motifs is 1. The fourth-order valence-electron chi connectivity index (χ4n) is 2.59. The molecule has 0 saturated heterocycles. The predicted octanol–water partition coefficient (Wildman–Crippen LogP) is 3.61. The van der Waals surface area contributed by atoms with Crippen molar-refractivity contribution < 1.29 is 9.32 Å². The molecule has 0 unspecified atom stereocenters. The summed E-state index contributed by atoms with van der Waals surface area (Å²) in [5.41, 5.74) is 1.56. The lowest BCUT2D eigenvalue weighted by atomic mass is 10.1. The number of hydrogen-bond acceptors (Lipinski definition) is 5. The normalized spacial score (nSPS) is 10.6. The summed E-state index contributed by atoms with van der Waals surface area (Å²) in [6, 6.07) is 16.6. The van der Waals surface area contributed by atoms with Gasteiger partial charge in [-0.2, -0.15) is 4.98 Å². The molecule has 7 nitrogen and oxygen atoms in total. The lowest BCUT2D eigenvalue weighted by Crippen LogP contribution is -2.28. The number of pyridine rings is 1. The van der Waals surface area contributed by atoms with Gasteiger partial charge in [-0.25, -0.2) is 4.79 Å². The van der Waals surface area contributed by atoms with Gasteiger partial charge in [0.2, 0.25) is 11.7 Å². The third-order valence-electron chi connectivity index (χ3n) is 3.83. The van der Waals surface area contributed by atoms with Crippen molar-refractivity contribution in [2.75, 3.05) is 5.32 Å². The summed E-state index contributed by atoms with van der Waals surface area (Å²) in [6.07, 6.45) is 3.44. The van der Waals surface area contributed by atoms with Crippen LogP contribution < -0.4 is 10.6 Å². The average molecular weight is 345 g/mol.